The van der Waals surface area contributed by atoms with Gasteiger partial charge in [-0.05, 0) is 39.8 Å². The molecule has 3 rings (SSSR count). The number of aryl methyl sites for hydroxylation is 2. The number of rotatable bonds is 4. The summed E-state index contributed by atoms with van der Waals surface area (Å²) < 4.78 is 2.10. The van der Waals surface area contributed by atoms with E-state index in [1.165, 1.54) is 29.1 Å². The van der Waals surface area contributed by atoms with Gasteiger partial charge in [-0.15, -0.1) is 0 Å². The topological polar surface area (TPSA) is 49.7 Å². The van der Waals surface area contributed by atoms with Gasteiger partial charge in [0.05, 0.1) is 5.69 Å². The van der Waals surface area contributed by atoms with E-state index in [1.807, 2.05) is 6.20 Å². The maximum absolute atomic E-state index is 4.61. The molecular weight excluding hydrogens is 250 g/mol. The van der Waals surface area contributed by atoms with Crippen LogP contribution in [0.25, 0.3) is 0 Å². The van der Waals surface area contributed by atoms with Crippen LogP contribution in [-0.2, 0) is 13.1 Å². The first kappa shape index (κ1) is 13.4. The molecule has 1 aliphatic rings. The molecule has 2 aromatic heterocycles. The number of hydrogen-bond acceptors (Lipinski definition) is 3. The van der Waals surface area contributed by atoms with Crippen LogP contribution in [0, 0.1) is 13.8 Å². The van der Waals surface area contributed by atoms with Gasteiger partial charge in [0.2, 0.25) is 0 Å². The molecule has 20 heavy (non-hydrogen) atoms. The summed E-state index contributed by atoms with van der Waals surface area (Å²) in [6.45, 7) is 10.7. The molecule has 0 unspecified atom stereocenters. The zero-order valence-corrected chi connectivity index (χ0v) is 12.6. The zero-order valence-electron chi connectivity index (χ0n) is 12.6. The molecule has 0 aromatic carbocycles. The lowest BCUT2D eigenvalue weighted by Crippen LogP contribution is -2.20. The smallest absolute Gasteiger partial charge is 0.0641 e. The van der Waals surface area contributed by atoms with E-state index in [-0.39, 0.29) is 0 Å². The highest BCUT2D eigenvalue weighted by atomic mass is 15.3. The molecule has 0 radical (unpaired) electrons. The Morgan fingerprint density at radius 1 is 1.40 bits per heavy atom. The van der Waals surface area contributed by atoms with Crippen LogP contribution in [0.2, 0.25) is 0 Å². The highest BCUT2D eigenvalue weighted by Gasteiger charge is 2.26. The van der Waals surface area contributed by atoms with E-state index in [1.54, 1.807) is 0 Å². The third-order valence-corrected chi connectivity index (χ3v) is 4.45. The van der Waals surface area contributed by atoms with Crippen LogP contribution in [0.3, 0.4) is 0 Å². The lowest BCUT2D eigenvalue weighted by molar-refractivity contribution is 0.324. The molecule has 0 aliphatic carbocycles. The van der Waals surface area contributed by atoms with Gasteiger partial charge in [0.15, 0.2) is 0 Å². The SMILES string of the molecule is CCn1nc(C)c(CN2CC[C@H](c3ccn[nH]3)C2)c1C. The van der Waals surface area contributed by atoms with Crippen molar-refractivity contribution in [2.45, 2.75) is 46.2 Å². The van der Waals surface area contributed by atoms with Crippen molar-refractivity contribution >= 4 is 0 Å². The summed E-state index contributed by atoms with van der Waals surface area (Å²) >= 11 is 0. The third kappa shape index (κ3) is 2.38. The minimum Gasteiger partial charge on any atom is -0.298 e. The highest BCUT2D eigenvalue weighted by Crippen LogP contribution is 2.27. The molecule has 1 saturated heterocycles. The van der Waals surface area contributed by atoms with Crippen molar-refractivity contribution in [3.05, 3.63) is 34.9 Å². The second kappa shape index (κ2) is 5.40. The monoisotopic (exact) mass is 273 g/mol. The first-order valence-corrected chi connectivity index (χ1v) is 7.43. The molecular formula is C15H23N5. The Morgan fingerprint density at radius 2 is 2.25 bits per heavy atom. The van der Waals surface area contributed by atoms with E-state index in [4.69, 9.17) is 0 Å². The minimum absolute atomic E-state index is 0.597. The first-order valence-electron chi connectivity index (χ1n) is 7.43. The summed E-state index contributed by atoms with van der Waals surface area (Å²) in [6, 6.07) is 2.10. The van der Waals surface area contributed by atoms with E-state index in [2.05, 4.69) is 51.7 Å². The molecule has 108 valence electrons. The van der Waals surface area contributed by atoms with E-state index < -0.39 is 0 Å². The minimum atomic E-state index is 0.597. The Hall–Kier alpha value is -1.62. The molecule has 1 atom stereocenters. The Labute approximate surface area is 120 Å². The average molecular weight is 273 g/mol. The number of aromatic nitrogens is 4. The molecule has 0 spiro atoms. The van der Waals surface area contributed by atoms with Crippen LogP contribution >= 0.6 is 0 Å². The predicted octanol–water partition coefficient (Wildman–Crippen LogP) is 2.23. The van der Waals surface area contributed by atoms with Crippen LogP contribution in [0.4, 0.5) is 0 Å². The van der Waals surface area contributed by atoms with Gasteiger partial charge < -0.3 is 0 Å². The standard InChI is InChI=1S/C15H23N5/c1-4-20-12(3)14(11(2)18-20)10-19-8-6-13(9-19)15-5-7-16-17-15/h5,7,13H,4,6,8-10H2,1-3H3,(H,16,17)/t13-/m0/s1. The predicted molar refractivity (Wildman–Crippen MR) is 78.6 cm³/mol. The van der Waals surface area contributed by atoms with Crippen molar-refractivity contribution in [2.75, 3.05) is 13.1 Å². The van der Waals surface area contributed by atoms with E-state index >= 15 is 0 Å². The van der Waals surface area contributed by atoms with Gasteiger partial charge in [-0.1, -0.05) is 0 Å². The Morgan fingerprint density at radius 3 is 2.90 bits per heavy atom. The van der Waals surface area contributed by atoms with Crippen molar-refractivity contribution < 1.29 is 0 Å². The van der Waals surface area contributed by atoms with E-state index in [9.17, 15) is 0 Å². The average Bonchev–Trinajstić information content (AvgIpc) is 3.14. The summed E-state index contributed by atoms with van der Waals surface area (Å²) in [5.74, 6) is 0.597. The number of hydrogen-bond donors (Lipinski definition) is 1. The van der Waals surface area contributed by atoms with Gasteiger partial charge >= 0.3 is 0 Å². The molecule has 0 amide bonds. The lowest BCUT2D eigenvalue weighted by Gasteiger charge is -2.16. The molecule has 5 nitrogen and oxygen atoms in total. The third-order valence-electron chi connectivity index (χ3n) is 4.45. The summed E-state index contributed by atoms with van der Waals surface area (Å²) in [5, 5.41) is 11.8. The lowest BCUT2D eigenvalue weighted by atomic mass is 10.1. The fourth-order valence-electron chi connectivity index (χ4n) is 3.22. The van der Waals surface area contributed by atoms with Crippen LogP contribution in [-0.4, -0.2) is 38.0 Å². The number of H-pyrrole nitrogens is 1. The van der Waals surface area contributed by atoms with Crippen LogP contribution in [0.5, 0.6) is 0 Å². The summed E-state index contributed by atoms with van der Waals surface area (Å²) in [7, 11) is 0. The van der Waals surface area contributed by atoms with E-state index in [0.29, 0.717) is 5.92 Å². The maximum Gasteiger partial charge on any atom is 0.0641 e. The first-order chi connectivity index (χ1) is 9.69. The van der Waals surface area contributed by atoms with Crippen molar-refractivity contribution in [3.8, 4) is 0 Å². The molecule has 1 aliphatic heterocycles. The normalized spacial score (nSPS) is 19.9. The Kier molecular flexibility index (Phi) is 3.61. The second-order valence-electron chi connectivity index (χ2n) is 5.70. The molecule has 2 aromatic rings. The Bertz CT molecular complexity index is 569. The molecule has 0 saturated carbocycles. The summed E-state index contributed by atoms with van der Waals surface area (Å²) in [5.41, 5.74) is 5.16. The second-order valence-corrected chi connectivity index (χ2v) is 5.70. The fraction of sp³-hybridized carbons (Fsp3) is 0.600. The highest BCUT2D eigenvalue weighted by molar-refractivity contribution is 5.24. The zero-order chi connectivity index (χ0) is 14.1. The van der Waals surface area contributed by atoms with Crippen molar-refractivity contribution in [3.63, 3.8) is 0 Å². The fourth-order valence-corrected chi connectivity index (χ4v) is 3.22. The van der Waals surface area contributed by atoms with E-state index in [0.717, 1.165) is 26.2 Å². The molecule has 0 bridgehead atoms. The number of nitrogens with one attached hydrogen (secondary N) is 1. The van der Waals surface area contributed by atoms with Gasteiger partial charge in [-0.25, -0.2) is 0 Å². The van der Waals surface area contributed by atoms with Gasteiger partial charge in [0, 0.05) is 48.7 Å². The number of likely N-dealkylation sites (tertiary alicyclic amines) is 1. The van der Waals surface area contributed by atoms with Gasteiger partial charge in [-0.2, -0.15) is 10.2 Å². The molecule has 1 N–H and O–H groups in total. The molecule has 3 heterocycles. The number of aromatic amines is 1. The van der Waals surface area contributed by atoms with Crippen molar-refractivity contribution in [2.24, 2.45) is 0 Å². The number of nitrogens with zero attached hydrogens (tertiary/aromatic N) is 4. The van der Waals surface area contributed by atoms with Crippen LogP contribution < -0.4 is 0 Å². The Balaban J connectivity index is 1.69. The largest absolute Gasteiger partial charge is 0.298 e. The van der Waals surface area contributed by atoms with Gasteiger partial charge in [-0.3, -0.25) is 14.7 Å². The van der Waals surface area contributed by atoms with Crippen LogP contribution in [0.15, 0.2) is 12.3 Å². The molecule has 5 heteroatoms. The van der Waals surface area contributed by atoms with Crippen molar-refractivity contribution in [1.82, 2.24) is 24.9 Å². The van der Waals surface area contributed by atoms with Crippen molar-refractivity contribution in [1.29, 1.82) is 0 Å². The van der Waals surface area contributed by atoms with Crippen LogP contribution in [0.1, 0.15) is 41.9 Å². The summed E-state index contributed by atoms with van der Waals surface area (Å²) in [6.07, 6.45) is 3.06. The summed E-state index contributed by atoms with van der Waals surface area (Å²) in [4.78, 5) is 2.53. The van der Waals surface area contributed by atoms with Gasteiger partial charge in [0.25, 0.3) is 0 Å². The molecule has 1 fully saturated rings. The quantitative estimate of drug-likeness (QED) is 0.929. The maximum atomic E-state index is 4.61. The van der Waals surface area contributed by atoms with Gasteiger partial charge in [0.1, 0.15) is 0 Å².